The molecule has 2 nitrogen and oxygen atoms in total. The van der Waals surface area contributed by atoms with Crippen LogP contribution >= 0.6 is 11.3 Å². The number of hydrogen-bond acceptors (Lipinski definition) is 3. The maximum absolute atomic E-state index is 4.45. The highest BCUT2D eigenvalue weighted by molar-refractivity contribution is 7.09. The Kier molecular flexibility index (Phi) is 4.55. The van der Waals surface area contributed by atoms with Crippen molar-refractivity contribution in [3.8, 4) is 0 Å². The molecule has 0 amide bonds. The summed E-state index contributed by atoms with van der Waals surface area (Å²) in [7, 11) is -1.17. The zero-order chi connectivity index (χ0) is 13.9. The van der Waals surface area contributed by atoms with Crippen LogP contribution in [0, 0.1) is 6.92 Å². The van der Waals surface area contributed by atoms with E-state index < -0.39 is 8.07 Å². The van der Waals surface area contributed by atoms with Gasteiger partial charge in [0.2, 0.25) is 0 Å². The van der Waals surface area contributed by atoms with Gasteiger partial charge in [0.15, 0.2) is 0 Å². The van der Waals surface area contributed by atoms with Crippen LogP contribution in [0.3, 0.4) is 0 Å². The maximum Gasteiger partial charge on any atom is 0.107 e. The highest BCUT2D eigenvalue weighted by atomic mass is 32.1. The van der Waals surface area contributed by atoms with Crippen molar-refractivity contribution in [3.63, 3.8) is 0 Å². The summed E-state index contributed by atoms with van der Waals surface area (Å²) in [6.45, 7) is 10.9. The predicted molar refractivity (Wildman–Crippen MR) is 86.8 cm³/mol. The number of aryl methyl sites for hydroxylation is 1. The number of thiazole rings is 1. The third-order valence-electron chi connectivity index (χ3n) is 3.09. The number of nitrogens with one attached hydrogen (secondary N) is 1. The van der Waals surface area contributed by atoms with Crippen LogP contribution in [-0.2, 0) is 13.1 Å². The normalized spacial score (nSPS) is 11.8. The van der Waals surface area contributed by atoms with Crippen LogP contribution in [0.2, 0.25) is 19.6 Å². The van der Waals surface area contributed by atoms with E-state index in [9.17, 15) is 0 Å². The van der Waals surface area contributed by atoms with Crippen molar-refractivity contribution in [2.24, 2.45) is 0 Å². The Morgan fingerprint density at radius 2 is 1.79 bits per heavy atom. The molecule has 1 aromatic heterocycles. The fourth-order valence-corrected chi connectivity index (χ4v) is 3.83. The maximum atomic E-state index is 4.45. The van der Waals surface area contributed by atoms with Crippen LogP contribution in [-0.4, -0.2) is 13.1 Å². The first-order valence-corrected chi connectivity index (χ1v) is 11.0. The zero-order valence-electron chi connectivity index (χ0n) is 12.2. The molecule has 0 unspecified atom stereocenters. The minimum atomic E-state index is -1.17. The minimum Gasteiger partial charge on any atom is -0.306 e. The molecule has 1 aromatic carbocycles. The van der Waals surface area contributed by atoms with Gasteiger partial charge in [-0.3, -0.25) is 0 Å². The smallest absolute Gasteiger partial charge is 0.107 e. The molecule has 0 spiro atoms. The van der Waals surface area contributed by atoms with E-state index in [0.29, 0.717) is 0 Å². The molecule has 19 heavy (non-hydrogen) atoms. The molecular formula is C15H22N2SSi. The summed E-state index contributed by atoms with van der Waals surface area (Å²) >= 11 is 1.72. The molecule has 2 aromatic rings. The highest BCUT2D eigenvalue weighted by Crippen LogP contribution is 2.09. The lowest BCUT2D eigenvalue weighted by Gasteiger charge is -2.16. The Bertz CT molecular complexity index is 526. The molecule has 102 valence electrons. The van der Waals surface area contributed by atoms with Gasteiger partial charge in [-0.15, -0.1) is 11.3 Å². The van der Waals surface area contributed by atoms with Crippen molar-refractivity contribution >= 4 is 24.6 Å². The number of nitrogens with zero attached hydrogens (tertiary/aromatic N) is 1. The van der Waals surface area contributed by atoms with Crippen LogP contribution in [0.15, 0.2) is 29.6 Å². The molecule has 1 N–H and O–H groups in total. The standard InChI is InChI=1S/C15H22N2SSi/c1-12-11-18-15(17-12)10-16-9-13-5-7-14(8-6-13)19(2,3)4/h5-8,11,16H,9-10H2,1-4H3. The van der Waals surface area contributed by atoms with Crippen molar-refractivity contribution in [1.29, 1.82) is 0 Å². The lowest BCUT2D eigenvalue weighted by Crippen LogP contribution is -2.37. The number of benzene rings is 1. The van der Waals surface area contributed by atoms with E-state index in [1.165, 1.54) is 10.8 Å². The van der Waals surface area contributed by atoms with Crippen LogP contribution in [0.1, 0.15) is 16.3 Å². The highest BCUT2D eigenvalue weighted by Gasteiger charge is 2.15. The summed E-state index contributed by atoms with van der Waals surface area (Å²) in [4.78, 5) is 4.45. The summed E-state index contributed by atoms with van der Waals surface area (Å²) in [6, 6.07) is 9.06. The Hall–Kier alpha value is -0.973. The van der Waals surface area contributed by atoms with Gasteiger partial charge in [-0.2, -0.15) is 0 Å². The Morgan fingerprint density at radius 1 is 1.11 bits per heavy atom. The van der Waals surface area contributed by atoms with Crippen molar-refractivity contribution in [1.82, 2.24) is 10.3 Å². The SMILES string of the molecule is Cc1csc(CNCc2ccc([Si](C)(C)C)cc2)n1. The van der Waals surface area contributed by atoms with Gasteiger partial charge in [0, 0.05) is 24.2 Å². The van der Waals surface area contributed by atoms with E-state index in [1.54, 1.807) is 11.3 Å². The first-order chi connectivity index (χ1) is 8.95. The fourth-order valence-electron chi connectivity index (χ4n) is 1.92. The molecule has 0 aliphatic heterocycles. The van der Waals surface area contributed by atoms with Gasteiger partial charge in [0.1, 0.15) is 5.01 Å². The zero-order valence-corrected chi connectivity index (χ0v) is 14.0. The van der Waals surface area contributed by atoms with E-state index in [4.69, 9.17) is 0 Å². The van der Waals surface area contributed by atoms with E-state index in [0.717, 1.165) is 23.8 Å². The number of rotatable bonds is 5. The van der Waals surface area contributed by atoms with Gasteiger partial charge >= 0.3 is 0 Å². The average Bonchev–Trinajstić information content (AvgIpc) is 2.75. The van der Waals surface area contributed by atoms with Crippen molar-refractivity contribution in [2.75, 3.05) is 0 Å². The van der Waals surface area contributed by atoms with Crippen LogP contribution in [0.25, 0.3) is 0 Å². The molecule has 0 aliphatic carbocycles. The average molecular weight is 291 g/mol. The monoisotopic (exact) mass is 290 g/mol. The van der Waals surface area contributed by atoms with Gasteiger partial charge in [-0.25, -0.2) is 4.98 Å². The second-order valence-electron chi connectivity index (χ2n) is 5.93. The molecule has 0 saturated heterocycles. The molecule has 2 rings (SSSR count). The lowest BCUT2D eigenvalue weighted by molar-refractivity contribution is 0.689. The summed E-state index contributed by atoms with van der Waals surface area (Å²) in [5, 5.41) is 8.23. The first-order valence-electron chi connectivity index (χ1n) is 6.66. The topological polar surface area (TPSA) is 24.9 Å². The number of hydrogen-bond donors (Lipinski definition) is 1. The summed E-state index contributed by atoms with van der Waals surface area (Å²) in [6.07, 6.45) is 0. The quantitative estimate of drug-likeness (QED) is 0.855. The van der Waals surface area contributed by atoms with Crippen molar-refractivity contribution in [3.05, 3.63) is 45.9 Å². The van der Waals surface area contributed by atoms with Crippen LogP contribution < -0.4 is 10.5 Å². The number of aromatic nitrogens is 1. The van der Waals surface area contributed by atoms with E-state index in [-0.39, 0.29) is 0 Å². The lowest BCUT2D eigenvalue weighted by atomic mass is 10.2. The third-order valence-corrected chi connectivity index (χ3v) is 6.12. The fraction of sp³-hybridized carbons (Fsp3) is 0.400. The second kappa shape index (κ2) is 5.99. The first kappa shape index (κ1) is 14.4. The summed E-state index contributed by atoms with van der Waals surface area (Å²) in [5.74, 6) is 0. The van der Waals surface area contributed by atoms with E-state index >= 15 is 0 Å². The molecule has 0 radical (unpaired) electrons. The van der Waals surface area contributed by atoms with E-state index in [2.05, 4.69) is 59.6 Å². The summed E-state index contributed by atoms with van der Waals surface area (Å²) < 4.78 is 0. The van der Waals surface area contributed by atoms with Crippen molar-refractivity contribution in [2.45, 2.75) is 39.7 Å². The second-order valence-corrected chi connectivity index (χ2v) is 12.0. The molecule has 0 bridgehead atoms. The van der Waals surface area contributed by atoms with Gasteiger partial charge in [-0.05, 0) is 12.5 Å². The van der Waals surface area contributed by atoms with E-state index in [1.807, 2.05) is 6.92 Å². The van der Waals surface area contributed by atoms with Gasteiger partial charge < -0.3 is 5.32 Å². The molecular weight excluding hydrogens is 268 g/mol. The predicted octanol–water partition coefficient (Wildman–Crippen LogP) is 3.29. The minimum absolute atomic E-state index is 0.855. The van der Waals surface area contributed by atoms with Crippen LogP contribution in [0.5, 0.6) is 0 Å². The molecule has 4 heteroatoms. The molecule has 0 fully saturated rings. The molecule has 1 heterocycles. The van der Waals surface area contributed by atoms with Crippen LogP contribution in [0.4, 0.5) is 0 Å². The van der Waals surface area contributed by atoms with Gasteiger partial charge in [-0.1, -0.05) is 49.1 Å². The molecule has 0 saturated carbocycles. The van der Waals surface area contributed by atoms with Crippen molar-refractivity contribution < 1.29 is 0 Å². The Morgan fingerprint density at radius 3 is 2.32 bits per heavy atom. The molecule has 0 aliphatic rings. The van der Waals surface area contributed by atoms with Gasteiger partial charge in [0.05, 0.1) is 8.07 Å². The Labute approximate surface area is 120 Å². The Balaban J connectivity index is 1.86. The molecule has 0 atom stereocenters. The summed E-state index contributed by atoms with van der Waals surface area (Å²) in [5.41, 5.74) is 2.46. The van der Waals surface area contributed by atoms with Gasteiger partial charge in [0.25, 0.3) is 0 Å². The largest absolute Gasteiger partial charge is 0.306 e. The third kappa shape index (κ3) is 4.26.